The Morgan fingerprint density at radius 2 is 2.07 bits per heavy atom. The average Bonchev–Trinajstić information content (AvgIpc) is 3.31. The van der Waals surface area contributed by atoms with Gasteiger partial charge in [-0.05, 0) is 69.2 Å². The number of furan rings is 1. The molecule has 0 unspecified atom stereocenters. The van der Waals surface area contributed by atoms with Crippen molar-refractivity contribution in [1.82, 2.24) is 10.2 Å². The summed E-state index contributed by atoms with van der Waals surface area (Å²) in [6.45, 7) is 4.07. The Morgan fingerprint density at radius 1 is 1.26 bits per heavy atom. The fourth-order valence-electron chi connectivity index (χ4n) is 4.00. The van der Waals surface area contributed by atoms with Gasteiger partial charge in [-0.2, -0.15) is 0 Å². The largest absolute Gasteiger partial charge is 0.465 e. The van der Waals surface area contributed by atoms with Gasteiger partial charge in [0.2, 0.25) is 5.91 Å². The number of likely N-dealkylation sites (tertiary alicyclic amines) is 1. The van der Waals surface area contributed by atoms with Crippen LogP contribution in [0.25, 0.3) is 0 Å². The predicted molar refractivity (Wildman–Crippen MR) is 105 cm³/mol. The van der Waals surface area contributed by atoms with E-state index < -0.39 is 0 Å². The van der Waals surface area contributed by atoms with Crippen molar-refractivity contribution in [3.05, 3.63) is 45.0 Å². The van der Waals surface area contributed by atoms with Crippen LogP contribution in [0.3, 0.4) is 0 Å². The van der Waals surface area contributed by atoms with Gasteiger partial charge in [-0.15, -0.1) is 11.3 Å². The first-order chi connectivity index (χ1) is 13.1. The van der Waals surface area contributed by atoms with E-state index in [1.54, 1.807) is 11.3 Å². The lowest BCUT2D eigenvalue weighted by atomic mass is 9.87. The van der Waals surface area contributed by atoms with Gasteiger partial charge >= 0.3 is 0 Å². The van der Waals surface area contributed by atoms with Crippen molar-refractivity contribution in [3.8, 4) is 0 Å². The number of nitrogens with zero attached hydrogens (tertiary/aromatic N) is 1. The summed E-state index contributed by atoms with van der Waals surface area (Å²) in [5.74, 6) is 1.85. The molecule has 1 aliphatic heterocycles. The molecule has 1 fully saturated rings. The van der Waals surface area contributed by atoms with Crippen LogP contribution in [-0.2, 0) is 24.2 Å². The Labute approximate surface area is 163 Å². The average molecular weight is 387 g/mol. The van der Waals surface area contributed by atoms with Gasteiger partial charge in [0.25, 0.3) is 5.91 Å². The van der Waals surface area contributed by atoms with E-state index in [1.165, 1.54) is 16.9 Å². The normalized spacial score (nSPS) is 19.6. The molecule has 6 heteroatoms. The van der Waals surface area contributed by atoms with Crippen molar-refractivity contribution in [2.45, 2.75) is 52.0 Å². The number of thiophene rings is 1. The van der Waals surface area contributed by atoms with E-state index in [9.17, 15) is 9.59 Å². The zero-order valence-electron chi connectivity index (χ0n) is 15.8. The maximum Gasteiger partial charge on any atom is 0.263 e. The molecule has 144 valence electrons. The maximum absolute atomic E-state index is 12.7. The Hall–Kier alpha value is -2.08. The molecule has 2 aromatic rings. The second-order valence-electron chi connectivity index (χ2n) is 7.58. The van der Waals surface area contributed by atoms with Crippen LogP contribution in [0.1, 0.15) is 57.3 Å². The molecule has 0 saturated carbocycles. The van der Waals surface area contributed by atoms with E-state index in [1.807, 2.05) is 30.0 Å². The first-order valence-corrected chi connectivity index (χ1v) is 10.7. The highest BCUT2D eigenvalue weighted by atomic mass is 32.1. The molecule has 2 aromatic heterocycles. The summed E-state index contributed by atoms with van der Waals surface area (Å²) >= 11 is 1.63. The van der Waals surface area contributed by atoms with Gasteiger partial charge in [-0.1, -0.05) is 0 Å². The van der Waals surface area contributed by atoms with Gasteiger partial charge in [0, 0.05) is 23.9 Å². The quantitative estimate of drug-likeness (QED) is 0.872. The van der Waals surface area contributed by atoms with Gasteiger partial charge in [-0.25, -0.2) is 0 Å². The predicted octanol–water partition coefficient (Wildman–Crippen LogP) is 3.70. The topological polar surface area (TPSA) is 62.6 Å². The standard InChI is InChI=1S/C21H26N2O3S/c1-14-5-7-17(26-14)13-22-20(24)15-6-8-18-16(11-15)12-19(27-18)21(25)23-9-3-2-4-10-23/h5,7,12,15H,2-4,6,8-11,13H2,1H3,(H,22,24)/t15-/m1/s1. The van der Waals surface area contributed by atoms with Crippen molar-refractivity contribution in [2.24, 2.45) is 5.92 Å². The molecular formula is C21H26N2O3S. The molecule has 1 aliphatic carbocycles. The number of piperidine rings is 1. The van der Waals surface area contributed by atoms with Crippen molar-refractivity contribution in [1.29, 1.82) is 0 Å². The zero-order chi connectivity index (χ0) is 18.8. The molecule has 0 bridgehead atoms. The Balaban J connectivity index is 1.37. The highest BCUT2D eigenvalue weighted by Crippen LogP contribution is 2.33. The number of nitrogens with one attached hydrogen (secondary N) is 1. The molecule has 1 saturated heterocycles. The number of hydrogen-bond acceptors (Lipinski definition) is 4. The molecule has 2 amide bonds. The first-order valence-electron chi connectivity index (χ1n) is 9.84. The lowest BCUT2D eigenvalue weighted by Crippen LogP contribution is -2.35. The van der Waals surface area contributed by atoms with Gasteiger partial charge in [0.05, 0.1) is 11.4 Å². The second-order valence-corrected chi connectivity index (χ2v) is 8.72. The number of rotatable bonds is 4. The number of fused-ring (bicyclic) bond motifs is 1. The molecule has 1 N–H and O–H groups in total. The van der Waals surface area contributed by atoms with Crippen LogP contribution >= 0.6 is 11.3 Å². The second kappa shape index (κ2) is 7.89. The molecule has 27 heavy (non-hydrogen) atoms. The third kappa shape index (κ3) is 4.10. The minimum absolute atomic E-state index is 0.0268. The first kappa shape index (κ1) is 18.3. The minimum atomic E-state index is -0.0268. The van der Waals surface area contributed by atoms with Crippen LogP contribution in [-0.4, -0.2) is 29.8 Å². The number of hydrogen-bond donors (Lipinski definition) is 1. The van der Waals surface area contributed by atoms with Crippen LogP contribution < -0.4 is 5.32 Å². The van der Waals surface area contributed by atoms with E-state index in [-0.39, 0.29) is 17.7 Å². The summed E-state index contributed by atoms with van der Waals surface area (Å²) in [6, 6.07) is 5.83. The van der Waals surface area contributed by atoms with Crippen LogP contribution in [0.4, 0.5) is 0 Å². The Bertz CT molecular complexity index is 832. The molecule has 3 heterocycles. The van der Waals surface area contributed by atoms with E-state index in [4.69, 9.17) is 4.42 Å². The Kier molecular flexibility index (Phi) is 5.34. The molecule has 0 aromatic carbocycles. The lowest BCUT2D eigenvalue weighted by Gasteiger charge is -2.26. The summed E-state index contributed by atoms with van der Waals surface area (Å²) < 4.78 is 5.51. The fraction of sp³-hybridized carbons (Fsp3) is 0.524. The molecule has 0 radical (unpaired) electrons. The molecule has 5 nitrogen and oxygen atoms in total. The summed E-state index contributed by atoms with van der Waals surface area (Å²) in [7, 11) is 0. The highest BCUT2D eigenvalue weighted by Gasteiger charge is 2.28. The van der Waals surface area contributed by atoms with Crippen molar-refractivity contribution in [2.75, 3.05) is 13.1 Å². The fourth-order valence-corrected chi connectivity index (χ4v) is 5.18. The van der Waals surface area contributed by atoms with Crippen LogP contribution in [0.15, 0.2) is 22.6 Å². The number of aryl methyl sites for hydroxylation is 2. The monoisotopic (exact) mass is 386 g/mol. The van der Waals surface area contributed by atoms with E-state index in [0.717, 1.165) is 61.6 Å². The summed E-state index contributed by atoms with van der Waals surface area (Å²) in [5.41, 5.74) is 1.18. The SMILES string of the molecule is Cc1ccc(CNC(=O)[C@@H]2CCc3sc(C(=O)N4CCCCC4)cc3C2)o1. The van der Waals surface area contributed by atoms with Crippen molar-refractivity contribution < 1.29 is 14.0 Å². The van der Waals surface area contributed by atoms with Crippen LogP contribution in [0, 0.1) is 12.8 Å². The summed E-state index contributed by atoms with van der Waals surface area (Å²) in [4.78, 5) is 29.4. The van der Waals surface area contributed by atoms with E-state index >= 15 is 0 Å². The van der Waals surface area contributed by atoms with Gasteiger partial charge in [0.15, 0.2) is 0 Å². The van der Waals surface area contributed by atoms with Crippen molar-refractivity contribution >= 4 is 23.2 Å². The molecule has 0 spiro atoms. The van der Waals surface area contributed by atoms with Gasteiger partial charge < -0.3 is 14.6 Å². The summed E-state index contributed by atoms with van der Waals surface area (Å²) in [5, 5.41) is 2.99. The Morgan fingerprint density at radius 3 is 2.81 bits per heavy atom. The maximum atomic E-state index is 12.7. The number of carbonyl (C=O) groups is 2. The number of amides is 2. The minimum Gasteiger partial charge on any atom is -0.465 e. The molecular weight excluding hydrogens is 360 g/mol. The summed E-state index contributed by atoms with van der Waals surface area (Å²) in [6.07, 6.45) is 5.88. The highest BCUT2D eigenvalue weighted by molar-refractivity contribution is 7.14. The van der Waals surface area contributed by atoms with Gasteiger partial charge in [0.1, 0.15) is 11.5 Å². The van der Waals surface area contributed by atoms with E-state index in [2.05, 4.69) is 5.32 Å². The zero-order valence-corrected chi connectivity index (χ0v) is 16.6. The van der Waals surface area contributed by atoms with E-state index in [0.29, 0.717) is 6.54 Å². The molecule has 4 rings (SSSR count). The third-order valence-corrected chi connectivity index (χ3v) is 6.77. The van der Waals surface area contributed by atoms with Crippen LogP contribution in [0.5, 0.6) is 0 Å². The van der Waals surface area contributed by atoms with Crippen molar-refractivity contribution in [3.63, 3.8) is 0 Å². The number of carbonyl (C=O) groups excluding carboxylic acids is 2. The smallest absolute Gasteiger partial charge is 0.263 e. The third-order valence-electron chi connectivity index (χ3n) is 5.54. The molecule has 1 atom stereocenters. The molecule has 2 aliphatic rings. The lowest BCUT2D eigenvalue weighted by molar-refractivity contribution is -0.125. The van der Waals surface area contributed by atoms with Crippen LogP contribution in [0.2, 0.25) is 0 Å². The van der Waals surface area contributed by atoms with Gasteiger partial charge in [-0.3, -0.25) is 9.59 Å².